The number of methoxy groups -OCH3 is 1. The Morgan fingerprint density at radius 2 is 2.00 bits per heavy atom. The van der Waals surface area contributed by atoms with Gasteiger partial charge in [-0.15, -0.1) is 0 Å². The van der Waals surface area contributed by atoms with Gasteiger partial charge in [0, 0.05) is 17.0 Å². The molecule has 0 heterocycles. The first-order chi connectivity index (χ1) is 8.20. The fourth-order valence-corrected chi connectivity index (χ4v) is 1.84. The number of benzene rings is 1. The fourth-order valence-electron chi connectivity index (χ4n) is 1.84. The molecule has 1 rings (SSSR count). The Bertz CT molecular complexity index is 482. The molecular formula is C12H15FO5. The fraction of sp³-hybridized carbons (Fsp3) is 0.417. The second kappa shape index (κ2) is 4.72. The van der Waals surface area contributed by atoms with Gasteiger partial charge in [-0.25, -0.2) is 4.39 Å². The smallest absolute Gasteiger partial charge is 0.304 e. The maximum Gasteiger partial charge on any atom is 0.304 e. The Hall–Kier alpha value is -1.98. The van der Waals surface area contributed by atoms with Gasteiger partial charge >= 0.3 is 5.97 Å². The van der Waals surface area contributed by atoms with Crippen LogP contribution in [0.15, 0.2) is 6.07 Å². The quantitative estimate of drug-likeness (QED) is 0.719. The molecular weight excluding hydrogens is 243 g/mol. The van der Waals surface area contributed by atoms with Gasteiger partial charge in [0.15, 0.2) is 23.1 Å². The molecule has 6 heteroatoms. The van der Waals surface area contributed by atoms with Gasteiger partial charge in [-0.2, -0.15) is 0 Å². The molecule has 0 aliphatic rings. The van der Waals surface area contributed by atoms with Crippen molar-refractivity contribution in [3.8, 4) is 17.2 Å². The van der Waals surface area contributed by atoms with Crippen LogP contribution in [0.3, 0.4) is 0 Å². The number of carboxylic acid groups (broad SMARTS) is 1. The van der Waals surface area contributed by atoms with E-state index < -0.39 is 35.1 Å². The van der Waals surface area contributed by atoms with Crippen LogP contribution in [0.1, 0.15) is 25.8 Å². The third kappa shape index (κ3) is 2.47. The third-order valence-corrected chi connectivity index (χ3v) is 2.67. The van der Waals surface area contributed by atoms with Crippen molar-refractivity contribution in [2.45, 2.75) is 25.7 Å². The first kappa shape index (κ1) is 14.1. The highest BCUT2D eigenvalue weighted by Gasteiger charge is 2.33. The number of halogens is 1. The minimum atomic E-state index is -1.19. The largest absolute Gasteiger partial charge is 0.504 e. The van der Waals surface area contributed by atoms with Crippen LogP contribution in [-0.4, -0.2) is 28.4 Å². The SMILES string of the molecule is COc1cc(O)c(O)c(C(C)(C)CC(=O)O)c1F. The minimum absolute atomic E-state index is 0.251. The summed E-state index contributed by atoms with van der Waals surface area (Å²) in [6, 6.07) is 0.936. The molecule has 0 fully saturated rings. The molecule has 3 N–H and O–H groups in total. The number of ether oxygens (including phenoxy) is 1. The zero-order valence-corrected chi connectivity index (χ0v) is 10.3. The zero-order chi connectivity index (χ0) is 14.1. The maximum absolute atomic E-state index is 14.1. The predicted molar refractivity (Wildman–Crippen MR) is 61.6 cm³/mol. The van der Waals surface area contributed by atoms with Gasteiger partial charge in [0.25, 0.3) is 0 Å². The third-order valence-electron chi connectivity index (χ3n) is 2.67. The molecule has 0 bridgehead atoms. The lowest BCUT2D eigenvalue weighted by Crippen LogP contribution is -2.23. The molecule has 0 saturated carbocycles. The number of hydrogen-bond acceptors (Lipinski definition) is 4. The second-order valence-corrected chi connectivity index (χ2v) is 4.59. The molecule has 0 aromatic heterocycles. The Morgan fingerprint density at radius 3 is 2.44 bits per heavy atom. The van der Waals surface area contributed by atoms with Crippen LogP contribution in [0.2, 0.25) is 0 Å². The van der Waals surface area contributed by atoms with Crippen molar-refractivity contribution < 1.29 is 29.2 Å². The Balaban J connectivity index is 3.47. The highest BCUT2D eigenvalue weighted by atomic mass is 19.1. The van der Waals surface area contributed by atoms with Crippen LogP contribution in [0, 0.1) is 5.82 Å². The van der Waals surface area contributed by atoms with Crippen LogP contribution in [0.5, 0.6) is 17.2 Å². The summed E-state index contributed by atoms with van der Waals surface area (Å²) < 4.78 is 18.8. The Morgan fingerprint density at radius 1 is 1.44 bits per heavy atom. The zero-order valence-electron chi connectivity index (χ0n) is 10.3. The van der Waals surface area contributed by atoms with E-state index >= 15 is 0 Å². The summed E-state index contributed by atoms with van der Waals surface area (Å²) in [5.74, 6) is -3.49. The molecule has 0 saturated heterocycles. The summed E-state index contributed by atoms with van der Waals surface area (Å²) in [4.78, 5) is 10.8. The molecule has 1 aromatic carbocycles. The number of aliphatic carboxylic acids is 1. The highest BCUT2D eigenvalue weighted by Crippen LogP contribution is 2.44. The summed E-state index contributed by atoms with van der Waals surface area (Å²) in [5, 5.41) is 28.0. The first-order valence-corrected chi connectivity index (χ1v) is 5.21. The van der Waals surface area contributed by atoms with Gasteiger partial charge < -0.3 is 20.1 Å². The number of carboxylic acids is 1. The van der Waals surface area contributed by atoms with Gasteiger partial charge in [-0.3, -0.25) is 4.79 Å². The molecule has 18 heavy (non-hydrogen) atoms. The average molecular weight is 258 g/mol. The van der Waals surface area contributed by atoms with E-state index in [4.69, 9.17) is 9.84 Å². The van der Waals surface area contributed by atoms with E-state index in [-0.39, 0.29) is 11.3 Å². The van der Waals surface area contributed by atoms with E-state index in [1.54, 1.807) is 0 Å². The maximum atomic E-state index is 14.1. The number of phenols is 2. The first-order valence-electron chi connectivity index (χ1n) is 5.21. The molecule has 0 spiro atoms. The summed E-state index contributed by atoms with van der Waals surface area (Å²) in [7, 11) is 1.21. The summed E-state index contributed by atoms with van der Waals surface area (Å²) >= 11 is 0. The van der Waals surface area contributed by atoms with Gasteiger partial charge in [-0.05, 0) is 0 Å². The lowest BCUT2D eigenvalue weighted by molar-refractivity contribution is -0.138. The number of carbonyl (C=O) groups is 1. The van der Waals surface area contributed by atoms with E-state index in [1.807, 2.05) is 0 Å². The van der Waals surface area contributed by atoms with E-state index in [0.717, 1.165) is 6.07 Å². The predicted octanol–water partition coefficient (Wildman–Crippen LogP) is 2.00. The summed E-state index contributed by atoms with van der Waals surface area (Å²) in [5.41, 5.74) is -1.46. The van der Waals surface area contributed by atoms with Crippen LogP contribution in [0.25, 0.3) is 0 Å². The van der Waals surface area contributed by atoms with Crippen LogP contribution >= 0.6 is 0 Å². The normalized spacial score (nSPS) is 11.3. The Kier molecular flexibility index (Phi) is 3.69. The standard InChI is InChI=1S/C12H15FO5/c1-12(2,5-8(15)16)9-10(13)7(18-3)4-6(14)11(9)17/h4,14,17H,5H2,1-3H3,(H,15,16). The molecule has 0 radical (unpaired) electrons. The molecule has 0 aliphatic carbocycles. The molecule has 0 atom stereocenters. The molecule has 0 amide bonds. The lowest BCUT2D eigenvalue weighted by Gasteiger charge is -2.25. The van der Waals surface area contributed by atoms with Crippen LogP contribution in [-0.2, 0) is 10.2 Å². The van der Waals surface area contributed by atoms with Crippen molar-refractivity contribution >= 4 is 5.97 Å². The number of hydrogen-bond donors (Lipinski definition) is 3. The van der Waals surface area contributed by atoms with Crippen molar-refractivity contribution in [3.05, 3.63) is 17.4 Å². The van der Waals surface area contributed by atoms with E-state index in [2.05, 4.69) is 0 Å². The molecule has 100 valence electrons. The van der Waals surface area contributed by atoms with Crippen LogP contribution in [0.4, 0.5) is 4.39 Å². The van der Waals surface area contributed by atoms with E-state index in [1.165, 1.54) is 21.0 Å². The minimum Gasteiger partial charge on any atom is -0.504 e. The number of phenolic OH excluding ortho intramolecular Hbond substituents is 2. The van der Waals surface area contributed by atoms with Gasteiger partial charge in [0.1, 0.15) is 0 Å². The van der Waals surface area contributed by atoms with Crippen molar-refractivity contribution in [1.29, 1.82) is 0 Å². The molecule has 1 aromatic rings. The van der Waals surface area contributed by atoms with Crippen molar-refractivity contribution in [2.24, 2.45) is 0 Å². The van der Waals surface area contributed by atoms with Gasteiger partial charge in [-0.1, -0.05) is 13.8 Å². The van der Waals surface area contributed by atoms with Gasteiger partial charge in [0.2, 0.25) is 0 Å². The number of rotatable bonds is 4. The van der Waals surface area contributed by atoms with E-state index in [9.17, 15) is 19.4 Å². The summed E-state index contributed by atoms with van der Waals surface area (Å²) in [6.45, 7) is 2.91. The van der Waals surface area contributed by atoms with Crippen molar-refractivity contribution in [1.82, 2.24) is 0 Å². The molecule has 5 nitrogen and oxygen atoms in total. The second-order valence-electron chi connectivity index (χ2n) is 4.59. The van der Waals surface area contributed by atoms with Gasteiger partial charge in [0.05, 0.1) is 13.5 Å². The average Bonchev–Trinajstić information content (AvgIpc) is 2.21. The molecule has 0 unspecified atom stereocenters. The topological polar surface area (TPSA) is 87.0 Å². The van der Waals surface area contributed by atoms with E-state index in [0.29, 0.717) is 0 Å². The van der Waals surface area contributed by atoms with Crippen LogP contribution < -0.4 is 4.74 Å². The summed E-state index contributed by atoms with van der Waals surface area (Å²) in [6.07, 6.45) is -0.399. The monoisotopic (exact) mass is 258 g/mol. The highest BCUT2D eigenvalue weighted by molar-refractivity contribution is 5.70. The lowest BCUT2D eigenvalue weighted by atomic mass is 9.80. The Labute approximate surface area is 103 Å². The molecule has 0 aliphatic heterocycles. The van der Waals surface area contributed by atoms with Crippen molar-refractivity contribution in [2.75, 3.05) is 7.11 Å². The number of aromatic hydroxyl groups is 2. The van der Waals surface area contributed by atoms with Crippen molar-refractivity contribution in [3.63, 3.8) is 0 Å².